The second kappa shape index (κ2) is 4.57. The average Bonchev–Trinajstić information content (AvgIpc) is 2.93. The van der Waals surface area contributed by atoms with Crippen molar-refractivity contribution in [3.05, 3.63) is 41.8 Å². The molecule has 0 unspecified atom stereocenters. The number of hydrogen-bond acceptors (Lipinski definition) is 5. The highest BCUT2D eigenvalue weighted by atomic mass is 32.2. The molecule has 0 bridgehead atoms. The Bertz CT molecular complexity index is 839. The summed E-state index contributed by atoms with van der Waals surface area (Å²) in [5.74, 6) is -0.200. The highest BCUT2D eigenvalue weighted by Crippen LogP contribution is 2.35. The summed E-state index contributed by atoms with van der Waals surface area (Å²) in [4.78, 5) is 0.0754. The Morgan fingerprint density at radius 1 is 1.10 bits per heavy atom. The standard InChI is InChI=1S/C12H11NO4S3/c14-19(15)9-7-13(10-4-1-2-5-11(10)19)20(16,17)12-6-3-8-18-12/h1-6,8H,7,9H2. The molecule has 3 rings (SSSR count). The van der Waals surface area contributed by atoms with E-state index in [0.29, 0.717) is 0 Å². The van der Waals surface area contributed by atoms with Gasteiger partial charge in [0.2, 0.25) is 0 Å². The molecular formula is C12H11NO4S3. The average molecular weight is 329 g/mol. The van der Waals surface area contributed by atoms with Crippen molar-refractivity contribution in [3.8, 4) is 0 Å². The predicted octanol–water partition coefficient (Wildman–Crippen LogP) is 1.73. The van der Waals surface area contributed by atoms with Gasteiger partial charge in [0.1, 0.15) is 4.21 Å². The number of hydrogen-bond donors (Lipinski definition) is 0. The second-order valence-electron chi connectivity index (χ2n) is 4.30. The molecule has 2 heterocycles. The molecule has 0 atom stereocenters. The fourth-order valence-electron chi connectivity index (χ4n) is 2.13. The maximum absolute atomic E-state index is 12.6. The SMILES string of the molecule is O=S1(=O)CCN(S(=O)(=O)c2cccs2)c2ccccc21. The van der Waals surface area contributed by atoms with Gasteiger partial charge in [-0.3, -0.25) is 4.31 Å². The van der Waals surface area contributed by atoms with E-state index in [1.54, 1.807) is 23.6 Å². The molecule has 2 aromatic rings. The predicted molar refractivity (Wildman–Crippen MR) is 77.3 cm³/mol. The van der Waals surface area contributed by atoms with Gasteiger partial charge in [-0.05, 0) is 23.6 Å². The van der Waals surface area contributed by atoms with Crippen LogP contribution in [-0.4, -0.2) is 29.1 Å². The lowest BCUT2D eigenvalue weighted by Crippen LogP contribution is -2.39. The van der Waals surface area contributed by atoms with E-state index in [1.165, 1.54) is 22.5 Å². The summed E-state index contributed by atoms with van der Waals surface area (Å²) >= 11 is 1.12. The first kappa shape index (κ1) is 13.6. The fraction of sp³-hybridized carbons (Fsp3) is 0.167. The summed E-state index contributed by atoms with van der Waals surface area (Å²) in [6.07, 6.45) is 0. The third-order valence-corrected chi connectivity index (χ3v) is 7.99. The molecule has 0 amide bonds. The maximum Gasteiger partial charge on any atom is 0.273 e. The normalized spacial score (nSPS) is 17.7. The molecule has 0 N–H and O–H groups in total. The molecule has 0 fully saturated rings. The number of sulfonamides is 1. The van der Waals surface area contributed by atoms with Crippen LogP contribution < -0.4 is 4.31 Å². The molecule has 0 spiro atoms. The van der Waals surface area contributed by atoms with Gasteiger partial charge in [0.05, 0.1) is 16.3 Å². The van der Waals surface area contributed by atoms with Gasteiger partial charge in [0.25, 0.3) is 10.0 Å². The van der Waals surface area contributed by atoms with Crippen LogP contribution in [0.1, 0.15) is 0 Å². The number of thiophene rings is 1. The molecule has 5 nitrogen and oxygen atoms in total. The molecule has 1 aromatic heterocycles. The second-order valence-corrected chi connectivity index (χ2v) is 9.41. The number of fused-ring (bicyclic) bond motifs is 1. The van der Waals surface area contributed by atoms with Gasteiger partial charge in [-0.25, -0.2) is 16.8 Å². The molecule has 0 saturated heterocycles. The molecule has 0 saturated carbocycles. The Hall–Kier alpha value is -1.38. The Labute approximate surface area is 121 Å². The van der Waals surface area contributed by atoms with Gasteiger partial charge in [0.15, 0.2) is 9.84 Å². The van der Waals surface area contributed by atoms with Gasteiger partial charge in [0, 0.05) is 6.54 Å². The molecule has 106 valence electrons. The van der Waals surface area contributed by atoms with E-state index in [4.69, 9.17) is 0 Å². The minimum absolute atomic E-state index is 0.0560. The Balaban J connectivity index is 2.19. The number of anilines is 1. The van der Waals surface area contributed by atoms with Gasteiger partial charge < -0.3 is 0 Å². The lowest BCUT2D eigenvalue weighted by Gasteiger charge is -2.29. The minimum atomic E-state index is -3.69. The lowest BCUT2D eigenvalue weighted by atomic mass is 10.3. The lowest BCUT2D eigenvalue weighted by molar-refractivity contribution is 0.585. The molecule has 1 aliphatic heterocycles. The van der Waals surface area contributed by atoms with Gasteiger partial charge in [-0.1, -0.05) is 18.2 Å². The first-order chi connectivity index (χ1) is 9.43. The summed E-state index contributed by atoms with van der Waals surface area (Å²) in [6.45, 7) is -0.0560. The van der Waals surface area contributed by atoms with Crippen LogP contribution in [0.25, 0.3) is 0 Å². The van der Waals surface area contributed by atoms with E-state index in [0.717, 1.165) is 11.3 Å². The van der Waals surface area contributed by atoms with E-state index >= 15 is 0 Å². The van der Waals surface area contributed by atoms with E-state index in [9.17, 15) is 16.8 Å². The summed E-state index contributed by atoms with van der Waals surface area (Å²) in [6, 6.07) is 9.38. The number of benzene rings is 1. The Morgan fingerprint density at radius 2 is 1.85 bits per heavy atom. The maximum atomic E-state index is 12.6. The highest BCUT2D eigenvalue weighted by molar-refractivity contribution is 7.95. The quantitative estimate of drug-likeness (QED) is 0.841. The molecule has 1 aromatic carbocycles. The topological polar surface area (TPSA) is 71.5 Å². The van der Waals surface area contributed by atoms with Crippen LogP contribution in [0.3, 0.4) is 0 Å². The van der Waals surface area contributed by atoms with Crippen molar-refractivity contribution >= 4 is 36.9 Å². The molecular weight excluding hydrogens is 318 g/mol. The van der Waals surface area contributed by atoms with E-state index < -0.39 is 19.9 Å². The van der Waals surface area contributed by atoms with Crippen LogP contribution >= 0.6 is 11.3 Å². The summed E-state index contributed by atoms with van der Waals surface area (Å²) in [7, 11) is -7.10. The van der Waals surface area contributed by atoms with Crippen LogP contribution in [0.15, 0.2) is 50.9 Å². The zero-order chi connectivity index (χ0) is 14.4. The van der Waals surface area contributed by atoms with Crippen molar-refractivity contribution in [1.29, 1.82) is 0 Å². The molecule has 1 aliphatic rings. The number of para-hydroxylation sites is 1. The third-order valence-electron chi connectivity index (χ3n) is 3.07. The van der Waals surface area contributed by atoms with Crippen LogP contribution in [0.2, 0.25) is 0 Å². The summed E-state index contributed by atoms with van der Waals surface area (Å²) < 4.78 is 50.5. The van der Waals surface area contributed by atoms with Gasteiger partial charge in [-0.2, -0.15) is 0 Å². The van der Waals surface area contributed by atoms with Crippen molar-refractivity contribution in [1.82, 2.24) is 0 Å². The van der Waals surface area contributed by atoms with Gasteiger partial charge in [-0.15, -0.1) is 11.3 Å². The molecule has 8 heteroatoms. The number of rotatable bonds is 2. The largest absolute Gasteiger partial charge is 0.273 e. The van der Waals surface area contributed by atoms with E-state index in [1.807, 2.05) is 0 Å². The van der Waals surface area contributed by atoms with Crippen LogP contribution in [0, 0.1) is 0 Å². The first-order valence-corrected chi connectivity index (χ1v) is 9.78. The van der Waals surface area contributed by atoms with Crippen molar-refractivity contribution in [2.45, 2.75) is 9.10 Å². The summed E-state index contributed by atoms with van der Waals surface area (Å²) in [5, 5.41) is 1.68. The van der Waals surface area contributed by atoms with Crippen LogP contribution in [0.4, 0.5) is 5.69 Å². The smallest absolute Gasteiger partial charge is 0.263 e. The zero-order valence-corrected chi connectivity index (χ0v) is 12.7. The summed E-state index contributed by atoms with van der Waals surface area (Å²) in [5.41, 5.74) is 0.229. The fourth-order valence-corrected chi connectivity index (χ4v) is 6.32. The zero-order valence-electron chi connectivity index (χ0n) is 10.3. The number of sulfone groups is 1. The highest BCUT2D eigenvalue weighted by Gasteiger charge is 2.35. The van der Waals surface area contributed by atoms with Gasteiger partial charge >= 0.3 is 0 Å². The Kier molecular flexibility index (Phi) is 3.11. The molecule has 0 radical (unpaired) electrons. The first-order valence-electron chi connectivity index (χ1n) is 5.81. The van der Waals surface area contributed by atoms with E-state index in [-0.39, 0.29) is 27.1 Å². The van der Waals surface area contributed by atoms with Crippen molar-refractivity contribution in [2.75, 3.05) is 16.6 Å². The van der Waals surface area contributed by atoms with Crippen LogP contribution in [0.5, 0.6) is 0 Å². The molecule has 0 aliphatic carbocycles. The minimum Gasteiger partial charge on any atom is -0.263 e. The van der Waals surface area contributed by atoms with E-state index in [2.05, 4.69) is 0 Å². The third kappa shape index (κ3) is 2.04. The van der Waals surface area contributed by atoms with Crippen molar-refractivity contribution in [3.63, 3.8) is 0 Å². The monoisotopic (exact) mass is 329 g/mol. The van der Waals surface area contributed by atoms with Crippen molar-refractivity contribution < 1.29 is 16.8 Å². The van der Waals surface area contributed by atoms with Crippen LogP contribution in [-0.2, 0) is 19.9 Å². The number of nitrogens with zero attached hydrogens (tertiary/aromatic N) is 1. The van der Waals surface area contributed by atoms with Crippen molar-refractivity contribution in [2.24, 2.45) is 0 Å². The Morgan fingerprint density at radius 3 is 2.55 bits per heavy atom. The molecule has 20 heavy (non-hydrogen) atoms.